The number of anilines is 1. The van der Waals surface area contributed by atoms with Crippen molar-refractivity contribution in [1.82, 2.24) is 0 Å². The van der Waals surface area contributed by atoms with E-state index in [1.807, 2.05) is 0 Å². The van der Waals surface area contributed by atoms with Crippen molar-refractivity contribution in [3.63, 3.8) is 0 Å². The zero-order chi connectivity index (χ0) is 14.2. The van der Waals surface area contributed by atoms with Gasteiger partial charge < -0.3 is 0 Å². The fraction of sp³-hybridized carbons (Fsp3) is 0.300. The molecule has 0 bridgehead atoms. The van der Waals surface area contributed by atoms with Gasteiger partial charge in [-0.05, 0) is 12.1 Å². The summed E-state index contributed by atoms with van der Waals surface area (Å²) < 4.78 is 37.8. The Kier molecular flexibility index (Phi) is 4.20. The lowest BCUT2D eigenvalue weighted by Crippen LogP contribution is -2.35. The van der Waals surface area contributed by atoms with Crippen molar-refractivity contribution in [2.24, 2.45) is 10.8 Å². The number of nitrogens with zero attached hydrogens (tertiary/aromatic N) is 2. The lowest BCUT2D eigenvalue weighted by Gasteiger charge is -2.21. The number of hydrogen-bond donors (Lipinski definition) is 1. The molecule has 3 nitrogen and oxygen atoms in total. The van der Waals surface area contributed by atoms with E-state index in [2.05, 4.69) is 4.99 Å². The summed E-state index contributed by atoms with van der Waals surface area (Å²) in [6, 6.07) is 1.59. The molecule has 19 heavy (non-hydrogen) atoms. The van der Waals surface area contributed by atoms with Crippen LogP contribution in [-0.4, -0.2) is 17.5 Å². The molecular weight excluding hydrogens is 322 g/mol. The monoisotopic (exact) mass is 329 g/mol. The van der Waals surface area contributed by atoms with Gasteiger partial charge in [0, 0.05) is 5.75 Å². The van der Waals surface area contributed by atoms with Gasteiger partial charge in [-0.15, -0.1) is 0 Å². The summed E-state index contributed by atoms with van der Waals surface area (Å²) >= 11 is 13.1. The number of rotatable bonds is 1. The molecule has 0 amide bonds. The van der Waals surface area contributed by atoms with Crippen molar-refractivity contribution < 1.29 is 13.2 Å². The summed E-state index contributed by atoms with van der Waals surface area (Å²) in [5, 5.41) is 1.25. The normalized spacial score (nSPS) is 15.6. The molecule has 9 heteroatoms. The van der Waals surface area contributed by atoms with Gasteiger partial charge in [0.2, 0.25) is 0 Å². The number of thioether (sulfide) groups is 1. The Morgan fingerprint density at radius 2 is 1.84 bits per heavy atom. The molecule has 1 aromatic carbocycles. The van der Waals surface area contributed by atoms with Crippen LogP contribution < -0.4 is 10.9 Å². The van der Waals surface area contributed by atoms with E-state index in [1.54, 1.807) is 0 Å². The number of alkyl halides is 3. The maximum absolute atomic E-state index is 12.6. The number of amidine groups is 1. The number of nitrogens with two attached hydrogens (primary N) is 1. The average Bonchev–Trinajstić information content (AvgIpc) is 2.79. The SMILES string of the molecule is NN(C1=NCCS1)c1c(Cl)cc(C(F)(F)F)cc1Cl. The van der Waals surface area contributed by atoms with Crippen LogP contribution in [0.4, 0.5) is 18.9 Å². The van der Waals surface area contributed by atoms with E-state index >= 15 is 0 Å². The van der Waals surface area contributed by atoms with E-state index in [0.29, 0.717) is 11.7 Å². The van der Waals surface area contributed by atoms with Crippen LogP contribution in [-0.2, 0) is 6.18 Å². The van der Waals surface area contributed by atoms with Crippen LogP contribution in [0.3, 0.4) is 0 Å². The van der Waals surface area contributed by atoms with Gasteiger partial charge in [0.25, 0.3) is 0 Å². The largest absolute Gasteiger partial charge is 0.416 e. The highest BCUT2D eigenvalue weighted by molar-refractivity contribution is 8.14. The second-order valence-electron chi connectivity index (χ2n) is 3.67. The maximum atomic E-state index is 12.6. The molecule has 1 heterocycles. The third-order valence-electron chi connectivity index (χ3n) is 2.36. The minimum Gasteiger partial charge on any atom is -0.260 e. The molecule has 0 aromatic heterocycles. The van der Waals surface area contributed by atoms with E-state index in [9.17, 15) is 13.2 Å². The minimum atomic E-state index is -4.51. The first-order chi connectivity index (χ1) is 8.80. The summed E-state index contributed by atoms with van der Waals surface area (Å²) in [6.45, 7) is 0.601. The molecule has 0 radical (unpaired) electrons. The summed E-state index contributed by atoms with van der Waals surface area (Å²) in [4.78, 5) is 4.11. The smallest absolute Gasteiger partial charge is 0.260 e. The van der Waals surface area contributed by atoms with Crippen molar-refractivity contribution >= 4 is 45.8 Å². The Hall–Kier alpha value is -0.630. The Morgan fingerprint density at radius 1 is 1.26 bits per heavy atom. The molecule has 2 rings (SSSR count). The highest BCUT2D eigenvalue weighted by Gasteiger charge is 2.33. The van der Waals surface area contributed by atoms with Crippen molar-refractivity contribution in [3.8, 4) is 0 Å². The zero-order valence-electron chi connectivity index (χ0n) is 9.34. The third-order valence-corrected chi connectivity index (χ3v) is 3.91. The van der Waals surface area contributed by atoms with Gasteiger partial charge in [0.1, 0.15) is 0 Å². The number of aliphatic imine (C=N–C) groups is 1. The van der Waals surface area contributed by atoms with Gasteiger partial charge in [-0.25, -0.2) is 5.84 Å². The molecule has 1 aromatic rings. The molecule has 0 atom stereocenters. The van der Waals surface area contributed by atoms with Gasteiger partial charge in [0.15, 0.2) is 5.17 Å². The van der Waals surface area contributed by atoms with Crippen molar-refractivity contribution in [3.05, 3.63) is 27.7 Å². The first-order valence-electron chi connectivity index (χ1n) is 5.09. The van der Waals surface area contributed by atoms with E-state index < -0.39 is 11.7 Å². The van der Waals surface area contributed by atoms with E-state index in [4.69, 9.17) is 29.0 Å². The van der Waals surface area contributed by atoms with Crippen LogP contribution in [0, 0.1) is 0 Å². The Morgan fingerprint density at radius 3 is 2.26 bits per heavy atom. The maximum Gasteiger partial charge on any atom is 0.416 e. The van der Waals surface area contributed by atoms with Gasteiger partial charge >= 0.3 is 6.18 Å². The first kappa shape index (κ1) is 14.8. The summed E-state index contributed by atoms with van der Waals surface area (Å²) in [5.74, 6) is 6.56. The number of hydrazine groups is 1. The topological polar surface area (TPSA) is 41.6 Å². The van der Waals surface area contributed by atoms with Crippen molar-refractivity contribution in [2.75, 3.05) is 17.3 Å². The molecule has 0 saturated carbocycles. The van der Waals surface area contributed by atoms with Crippen LogP contribution in [0.1, 0.15) is 5.56 Å². The fourth-order valence-electron chi connectivity index (χ4n) is 1.52. The molecule has 0 saturated heterocycles. The van der Waals surface area contributed by atoms with Crippen molar-refractivity contribution in [1.29, 1.82) is 0 Å². The number of benzene rings is 1. The Labute approximate surface area is 121 Å². The second-order valence-corrected chi connectivity index (χ2v) is 5.55. The van der Waals surface area contributed by atoms with Gasteiger partial charge in [-0.2, -0.15) is 13.2 Å². The second kappa shape index (κ2) is 5.40. The zero-order valence-corrected chi connectivity index (χ0v) is 11.7. The molecule has 2 N–H and O–H groups in total. The van der Waals surface area contributed by atoms with Gasteiger partial charge in [-0.3, -0.25) is 10.0 Å². The molecule has 0 aliphatic carbocycles. The van der Waals surface area contributed by atoms with Crippen LogP contribution >= 0.6 is 35.0 Å². The van der Waals surface area contributed by atoms with E-state index in [0.717, 1.165) is 22.9 Å². The highest BCUT2D eigenvalue weighted by Crippen LogP contribution is 2.40. The third kappa shape index (κ3) is 3.10. The molecule has 0 unspecified atom stereocenters. The lowest BCUT2D eigenvalue weighted by molar-refractivity contribution is -0.137. The average molecular weight is 330 g/mol. The Bertz CT molecular complexity index is 510. The molecule has 1 aliphatic heterocycles. The minimum absolute atomic E-state index is 0.115. The number of hydrogen-bond acceptors (Lipinski definition) is 4. The molecule has 0 spiro atoms. The predicted molar refractivity (Wildman–Crippen MR) is 72.9 cm³/mol. The van der Waals surface area contributed by atoms with Gasteiger partial charge in [0.05, 0.1) is 27.8 Å². The molecular formula is C10H8Cl2F3N3S. The predicted octanol–water partition coefficient (Wildman–Crippen LogP) is 3.80. The van der Waals surface area contributed by atoms with E-state index in [1.165, 1.54) is 11.8 Å². The summed E-state index contributed by atoms with van der Waals surface area (Å²) in [5.41, 5.74) is -0.801. The van der Waals surface area contributed by atoms with Gasteiger partial charge in [-0.1, -0.05) is 35.0 Å². The van der Waals surface area contributed by atoms with Crippen LogP contribution in [0.2, 0.25) is 10.0 Å². The van der Waals surface area contributed by atoms with Crippen molar-refractivity contribution in [2.45, 2.75) is 6.18 Å². The van der Waals surface area contributed by atoms with Crippen LogP contribution in [0.5, 0.6) is 0 Å². The highest BCUT2D eigenvalue weighted by atomic mass is 35.5. The Balaban J connectivity index is 2.42. The summed E-state index contributed by atoms with van der Waals surface area (Å²) in [6.07, 6.45) is -4.51. The summed E-state index contributed by atoms with van der Waals surface area (Å²) in [7, 11) is 0. The molecule has 104 valence electrons. The first-order valence-corrected chi connectivity index (χ1v) is 6.83. The number of halogens is 5. The standard InChI is InChI=1S/C10H8Cl2F3N3S/c11-6-3-5(10(13,14)15)4-7(12)8(6)18(16)9-17-1-2-19-9/h3-4H,1-2,16H2. The van der Waals surface area contributed by atoms with Crippen LogP contribution in [0.25, 0.3) is 0 Å². The van der Waals surface area contributed by atoms with Crippen LogP contribution in [0.15, 0.2) is 17.1 Å². The lowest BCUT2D eigenvalue weighted by atomic mass is 10.2. The fourth-order valence-corrected chi connectivity index (χ4v) is 2.97. The quantitative estimate of drug-likeness (QED) is 0.629. The molecule has 0 fully saturated rings. The molecule has 1 aliphatic rings. The van der Waals surface area contributed by atoms with E-state index in [-0.39, 0.29) is 15.7 Å².